The predicted octanol–water partition coefficient (Wildman–Crippen LogP) is 3.30. The zero-order valence-electron chi connectivity index (χ0n) is 12.2. The average Bonchev–Trinajstić information content (AvgIpc) is 2.45. The van der Waals surface area contributed by atoms with Gasteiger partial charge < -0.3 is 10.2 Å². The van der Waals surface area contributed by atoms with Crippen LogP contribution in [0.25, 0.3) is 0 Å². The van der Waals surface area contributed by atoms with Crippen molar-refractivity contribution in [2.24, 2.45) is 5.92 Å². The molecule has 0 radical (unpaired) electrons. The fourth-order valence-electron chi connectivity index (χ4n) is 2.65. The molecule has 0 bridgehead atoms. The SMILES string of the molecule is CC(C)N1CCC(CNC(=O)c2ccccc2Br)CC1. The maximum Gasteiger partial charge on any atom is 0.252 e. The van der Waals surface area contributed by atoms with Crippen LogP contribution in [-0.2, 0) is 0 Å². The molecule has 2 rings (SSSR count). The summed E-state index contributed by atoms with van der Waals surface area (Å²) in [6, 6.07) is 8.19. The van der Waals surface area contributed by atoms with E-state index < -0.39 is 0 Å². The van der Waals surface area contributed by atoms with Crippen LogP contribution in [0.4, 0.5) is 0 Å². The maximum absolute atomic E-state index is 12.1. The van der Waals surface area contributed by atoms with E-state index in [1.54, 1.807) is 0 Å². The molecular formula is C16H23BrN2O. The van der Waals surface area contributed by atoms with E-state index in [-0.39, 0.29) is 5.91 Å². The van der Waals surface area contributed by atoms with E-state index in [0.717, 1.165) is 24.1 Å². The van der Waals surface area contributed by atoms with E-state index in [1.807, 2.05) is 24.3 Å². The van der Waals surface area contributed by atoms with Gasteiger partial charge in [-0.1, -0.05) is 12.1 Å². The number of hydrogen-bond donors (Lipinski definition) is 1. The molecule has 4 heteroatoms. The van der Waals surface area contributed by atoms with Crippen molar-refractivity contribution in [3.63, 3.8) is 0 Å². The van der Waals surface area contributed by atoms with Gasteiger partial charge in [-0.05, 0) is 73.8 Å². The first-order chi connectivity index (χ1) is 9.58. The van der Waals surface area contributed by atoms with Crippen molar-refractivity contribution >= 4 is 21.8 Å². The van der Waals surface area contributed by atoms with Gasteiger partial charge in [-0.25, -0.2) is 0 Å². The van der Waals surface area contributed by atoms with E-state index in [1.165, 1.54) is 12.8 Å². The minimum Gasteiger partial charge on any atom is -0.352 e. The smallest absolute Gasteiger partial charge is 0.252 e. The lowest BCUT2D eigenvalue weighted by atomic mass is 9.96. The summed E-state index contributed by atoms with van der Waals surface area (Å²) >= 11 is 3.42. The quantitative estimate of drug-likeness (QED) is 0.913. The van der Waals surface area contributed by atoms with E-state index in [4.69, 9.17) is 0 Å². The number of rotatable bonds is 4. The first-order valence-electron chi connectivity index (χ1n) is 7.34. The number of carbonyl (C=O) groups excluding carboxylic acids is 1. The highest BCUT2D eigenvalue weighted by molar-refractivity contribution is 9.10. The molecule has 0 spiro atoms. The van der Waals surface area contributed by atoms with E-state index in [9.17, 15) is 4.79 Å². The van der Waals surface area contributed by atoms with Crippen molar-refractivity contribution in [2.75, 3.05) is 19.6 Å². The van der Waals surface area contributed by atoms with E-state index >= 15 is 0 Å². The molecule has 1 N–H and O–H groups in total. The highest BCUT2D eigenvalue weighted by Crippen LogP contribution is 2.19. The van der Waals surface area contributed by atoms with Crippen LogP contribution in [0.3, 0.4) is 0 Å². The Balaban J connectivity index is 1.79. The molecule has 0 saturated carbocycles. The third-order valence-corrected chi connectivity index (χ3v) is 4.74. The Morgan fingerprint density at radius 3 is 2.60 bits per heavy atom. The summed E-state index contributed by atoms with van der Waals surface area (Å²) in [7, 11) is 0. The lowest BCUT2D eigenvalue weighted by molar-refractivity contribution is 0.0929. The number of likely N-dealkylation sites (tertiary alicyclic amines) is 1. The summed E-state index contributed by atoms with van der Waals surface area (Å²) in [6.07, 6.45) is 2.35. The average molecular weight is 339 g/mol. The summed E-state index contributed by atoms with van der Waals surface area (Å²) in [5, 5.41) is 3.07. The molecule has 1 aliphatic heterocycles. The molecule has 1 aromatic rings. The molecule has 20 heavy (non-hydrogen) atoms. The van der Waals surface area contributed by atoms with Gasteiger partial charge in [0.05, 0.1) is 5.56 Å². The molecule has 0 aromatic heterocycles. The number of benzene rings is 1. The van der Waals surface area contributed by atoms with Gasteiger partial charge in [-0.15, -0.1) is 0 Å². The highest BCUT2D eigenvalue weighted by Gasteiger charge is 2.21. The van der Waals surface area contributed by atoms with Gasteiger partial charge in [0, 0.05) is 17.1 Å². The van der Waals surface area contributed by atoms with Crippen molar-refractivity contribution in [2.45, 2.75) is 32.7 Å². The molecule has 0 unspecified atom stereocenters. The Kier molecular flexibility index (Phi) is 5.61. The number of nitrogens with zero attached hydrogens (tertiary/aromatic N) is 1. The predicted molar refractivity (Wildman–Crippen MR) is 85.9 cm³/mol. The molecule has 1 saturated heterocycles. The van der Waals surface area contributed by atoms with Crippen molar-refractivity contribution in [3.05, 3.63) is 34.3 Å². The monoisotopic (exact) mass is 338 g/mol. The van der Waals surface area contributed by atoms with Gasteiger partial charge in [-0.3, -0.25) is 4.79 Å². The van der Waals surface area contributed by atoms with Crippen molar-refractivity contribution < 1.29 is 4.79 Å². The third-order valence-electron chi connectivity index (χ3n) is 4.05. The number of halogens is 1. The number of nitrogens with one attached hydrogen (secondary N) is 1. The second-order valence-corrected chi connectivity index (χ2v) is 6.62. The molecule has 1 fully saturated rings. The third kappa shape index (κ3) is 4.06. The van der Waals surface area contributed by atoms with Crippen LogP contribution in [0.1, 0.15) is 37.0 Å². The Hall–Kier alpha value is -0.870. The van der Waals surface area contributed by atoms with Gasteiger partial charge >= 0.3 is 0 Å². The lowest BCUT2D eigenvalue weighted by Gasteiger charge is -2.34. The summed E-state index contributed by atoms with van der Waals surface area (Å²) in [5.41, 5.74) is 0.715. The molecule has 0 aliphatic carbocycles. The molecule has 3 nitrogen and oxygen atoms in total. The van der Waals surface area contributed by atoms with Crippen LogP contribution in [0.5, 0.6) is 0 Å². The zero-order chi connectivity index (χ0) is 14.5. The maximum atomic E-state index is 12.1. The van der Waals surface area contributed by atoms with Crippen LogP contribution in [-0.4, -0.2) is 36.5 Å². The lowest BCUT2D eigenvalue weighted by Crippen LogP contribution is -2.41. The Morgan fingerprint density at radius 2 is 2.00 bits per heavy atom. The number of amides is 1. The van der Waals surface area contributed by atoms with Crippen LogP contribution in [0, 0.1) is 5.92 Å². The van der Waals surface area contributed by atoms with Crippen LogP contribution < -0.4 is 5.32 Å². The standard InChI is InChI=1S/C16H23BrN2O/c1-12(2)19-9-7-13(8-10-19)11-18-16(20)14-5-3-4-6-15(14)17/h3-6,12-13H,7-11H2,1-2H3,(H,18,20). The zero-order valence-corrected chi connectivity index (χ0v) is 13.8. The van der Waals surface area contributed by atoms with Gasteiger partial charge in [0.1, 0.15) is 0 Å². The topological polar surface area (TPSA) is 32.3 Å². The van der Waals surface area contributed by atoms with Crippen LogP contribution in [0.15, 0.2) is 28.7 Å². The van der Waals surface area contributed by atoms with Gasteiger partial charge in [0.25, 0.3) is 5.91 Å². The molecule has 0 atom stereocenters. The highest BCUT2D eigenvalue weighted by atomic mass is 79.9. The minimum atomic E-state index is 0.0174. The van der Waals surface area contributed by atoms with Gasteiger partial charge in [-0.2, -0.15) is 0 Å². The second kappa shape index (κ2) is 7.23. The van der Waals surface area contributed by atoms with Crippen molar-refractivity contribution in [3.8, 4) is 0 Å². The van der Waals surface area contributed by atoms with Crippen molar-refractivity contribution in [1.29, 1.82) is 0 Å². The molecule has 1 aliphatic rings. The summed E-state index contributed by atoms with van der Waals surface area (Å²) < 4.78 is 0.854. The molecule has 110 valence electrons. The van der Waals surface area contributed by atoms with Gasteiger partial charge in [0.15, 0.2) is 0 Å². The Labute approximate surface area is 129 Å². The number of hydrogen-bond acceptors (Lipinski definition) is 2. The fourth-order valence-corrected chi connectivity index (χ4v) is 3.12. The number of carbonyl (C=O) groups is 1. The molecule has 1 aromatic carbocycles. The second-order valence-electron chi connectivity index (χ2n) is 5.76. The Bertz CT molecular complexity index is 454. The first-order valence-corrected chi connectivity index (χ1v) is 8.14. The normalized spacial score (nSPS) is 17.4. The van der Waals surface area contributed by atoms with Crippen molar-refractivity contribution in [1.82, 2.24) is 10.2 Å². The van der Waals surface area contributed by atoms with Gasteiger partial charge in [0.2, 0.25) is 0 Å². The number of piperidine rings is 1. The summed E-state index contributed by atoms with van der Waals surface area (Å²) in [4.78, 5) is 14.6. The van der Waals surface area contributed by atoms with E-state index in [2.05, 4.69) is 40.0 Å². The molecule has 1 heterocycles. The van der Waals surface area contributed by atoms with E-state index in [0.29, 0.717) is 17.5 Å². The summed E-state index contributed by atoms with van der Waals surface area (Å²) in [5.74, 6) is 0.625. The largest absolute Gasteiger partial charge is 0.352 e. The molecular weight excluding hydrogens is 316 g/mol. The van der Waals surface area contributed by atoms with Crippen LogP contribution >= 0.6 is 15.9 Å². The molecule has 1 amide bonds. The van der Waals surface area contributed by atoms with Crippen LogP contribution in [0.2, 0.25) is 0 Å². The Morgan fingerprint density at radius 1 is 1.35 bits per heavy atom. The minimum absolute atomic E-state index is 0.0174. The first kappa shape index (κ1) is 15.5. The summed E-state index contributed by atoms with van der Waals surface area (Å²) in [6.45, 7) is 7.57. The fraction of sp³-hybridized carbons (Fsp3) is 0.562.